The summed E-state index contributed by atoms with van der Waals surface area (Å²) in [7, 11) is -3.27. The first kappa shape index (κ1) is 12.7. The SMILES string of the molecule is O=C(O)C1(C2CCCS(=O)(=O)C2)CC(F)(F)C1. The number of alkyl halides is 2. The van der Waals surface area contributed by atoms with Gasteiger partial charge in [-0.15, -0.1) is 0 Å². The Hall–Kier alpha value is -0.720. The lowest BCUT2D eigenvalue weighted by Crippen LogP contribution is -2.57. The van der Waals surface area contributed by atoms with Gasteiger partial charge in [-0.05, 0) is 18.8 Å². The van der Waals surface area contributed by atoms with Gasteiger partial charge in [0.2, 0.25) is 5.92 Å². The zero-order valence-corrected chi connectivity index (χ0v) is 9.97. The summed E-state index contributed by atoms with van der Waals surface area (Å²) >= 11 is 0. The van der Waals surface area contributed by atoms with Crippen LogP contribution in [0.15, 0.2) is 0 Å². The minimum absolute atomic E-state index is 0.0373. The van der Waals surface area contributed by atoms with E-state index in [1.165, 1.54) is 0 Å². The van der Waals surface area contributed by atoms with Crippen LogP contribution >= 0.6 is 0 Å². The number of aliphatic carboxylic acids is 1. The molecule has 1 aliphatic heterocycles. The summed E-state index contributed by atoms with van der Waals surface area (Å²) in [4.78, 5) is 11.2. The first-order valence-electron chi connectivity index (χ1n) is 5.49. The molecule has 1 aliphatic carbocycles. The fraction of sp³-hybridized carbons (Fsp3) is 0.900. The van der Waals surface area contributed by atoms with Crippen molar-refractivity contribution in [2.75, 3.05) is 11.5 Å². The average molecular weight is 268 g/mol. The number of carboxylic acids is 1. The lowest BCUT2D eigenvalue weighted by molar-refractivity contribution is -0.205. The predicted octanol–water partition coefficient (Wildman–Crippen LogP) is 1.31. The molecule has 17 heavy (non-hydrogen) atoms. The molecule has 2 aliphatic rings. The first-order valence-corrected chi connectivity index (χ1v) is 7.31. The molecule has 0 spiro atoms. The highest BCUT2D eigenvalue weighted by Crippen LogP contribution is 2.58. The van der Waals surface area contributed by atoms with Gasteiger partial charge in [-0.1, -0.05) is 0 Å². The van der Waals surface area contributed by atoms with Crippen molar-refractivity contribution in [3.05, 3.63) is 0 Å². The van der Waals surface area contributed by atoms with Crippen molar-refractivity contribution < 1.29 is 27.1 Å². The van der Waals surface area contributed by atoms with Crippen LogP contribution in [0, 0.1) is 11.3 Å². The predicted molar refractivity (Wildman–Crippen MR) is 55.6 cm³/mol. The van der Waals surface area contributed by atoms with Gasteiger partial charge in [0.15, 0.2) is 9.84 Å². The van der Waals surface area contributed by atoms with Gasteiger partial charge in [-0.2, -0.15) is 0 Å². The third-order valence-corrected chi connectivity index (χ3v) is 5.64. The number of sulfone groups is 1. The molecule has 7 heteroatoms. The second kappa shape index (κ2) is 3.63. The van der Waals surface area contributed by atoms with Crippen LogP contribution in [0.4, 0.5) is 8.78 Å². The van der Waals surface area contributed by atoms with Crippen molar-refractivity contribution in [2.45, 2.75) is 31.6 Å². The Morgan fingerprint density at radius 3 is 2.29 bits per heavy atom. The van der Waals surface area contributed by atoms with Crippen LogP contribution < -0.4 is 0 Å². The molecule has 1 saturated carbocycles. The van der Waals surface area contributed by atoms with Gasteiger partial charge >= 0.3 is 5.97 Å². The third-order valence-electron chi connectivity index (χ3n) is 3.82. The van der Waals surface area contributed by atoms with Crippen LogP contribution in [-0.2, 0) is 14.6 Å². The highest BCUT2D eigenvalue weighted by Gasteiger charge is 2.65. The van der Waals surface area contributed by atoms with Gasteiger partial charge < -0.3 is 5.11 Å². The van der Waals surface area contributed by atoms with Gasteiger partial charge in [0, 0.05) is 12.8 Å². The summed E-state index contributed by atoms with van der Waals surface area (Å²) in [6.45, 7) is 0. The van der Waals surface area contributed by atoms with Crippen LogP contribution in [0.25, 0.3) is 0 Å². The fourth-order valence-electron chi connectivity index (χ4n) is 2.94. The standard InChI is InChI=1S/C10H14F2O4S/c11-10(12)5-9(6-10,8(13)14)7-2-1-3-17(15,16)4-7/h7H,1-6H2,(H,13,14). The van der Waals surface area contributed by atoms with Crippen LogP contribution in [-0.4, -0.2) is 36.9 Å². The largest absolute Gasteiger partial charge is 0.481 e. The molecule has 0 aromatic carbocycles. The van der Waals surface area contributed by atoms with Crippen LogP contribution in [0.5, 0.6) is 0 Å². The summed E-state index contributed by atoms with van der Waals surface area (Å²) < 4.78 is 48.8. The maximum absolute atomic E-state index is 12.9. The van der Waals surface area contributed by atoms with E-state index in [-0.39, 0.29) is 11.5 Å². The topological polar surface area (TPSA) is 71.4 Å². The number of rotatable bonds is 2. The normalized spacial score (nSPS) is 33.6. The first-order chi connectivity index (χ1) is 7.67. The van der Waals surface area contributed by atoms with Crippen molar-refractivity contribution in [1.29, 1.82) is 0 Å². The van der Waals surface area contributed by atoms with E-state index in [1.54, 1.807) is 0 Å². The quantitative estimate of drug-likeness (QED) is 0.819. The number of halogens is 2. The summed E-state index contributed by atoms with van der Waals surface area (Å²) in [5.74, 6) is -5.14. The number of hydrogen-bond acceptors (Lipinski definition) is 3. The number of hydrogen-bond donors (Lipinski definition) is 1. The minimum atomic E-state index is -3.27. The lowest BCUT2D eigenvalue weighted by Gasteiger charge is -2.49. The Labute approximate surface area is 97.9 Å². The number of carbonyl (C=O) groups is 1. The highest BCUT2D eigenvalue weighted by molar-refractivity contribution is 7.91. The molecule has 0 radical (unpaired) electrons. The second-order valence-corrected chi connectivity index (χ2v) is 7.35. The average Bonchev–Trinajstić information content (AvgIpc) is 2.11. The molecule has 4 nitrogen and oxygen atoms in total. The molecule has 1 atom stereocenters. The summed E-state index contributed by atoms with van der Waals surface area (Å²) in [5.41, 5.74) is -1.53. The summed E-state index contributed by atoms with van der Waals surface area (Å²) in [6.07, 6.45) is -0.680. The van der Waals surface area contributed by atoms with E-state index in [9.17, 15) is 22.0 Å². The van der Waals surface area contributed by atoms with Crippen molar-refractivity contribution >= 4 is 15.8 Å². The third kappa shape index (κ3) is 2.17. The van der Waals surface area contributed by atoms with Crippen LogP contribution in [0.2, 0.25) is 0 Å². The molecule has 2 fully saturated rings. The van der Waals surface area contributed by atoms with E-state index in [1.807, 2.05) is 0 Å². The zero-order chi connectivity index (χ0) is 12.9. The van der Waals surface area contributed by atoms with E-state index in [2.05, 4.69) is 0 Å². The maximum atomic E-state index is 12.9. The molecular weight excluding hydrogens is 254 g/mol. The molecule has 0 amide bonds. The van der Waals surface area contributed by atoms with Gasteiger partial charge in [0.05, 0.1) is 16.9 Å². The Morgan fingerprint density at radius 1 is 1.29 bits per heavy atom. The van der Waals surface area contributed by atoms with Crippen LogP contribution in [0.3, 0.4) is 0 Å². The van der Waals surface area contributed by atoms with Crippen molar-refractivity contribution in [2.24, 2.45) is 11.3 Å². The molecule has 1 heterocycles. The molecule has 1 saturated heterocycles. The van der Waals surface area contributed by atoms with Gasteiger partial charge in [-0.3, -0.25) is 4.79 Å². The maximum Gasteiger partial charge on any atom is 0.310 e. The molecule has 98 valence electrons. The molecule has 2 rings (SSSR count). The molecule has 0 aromatic heterocycles. The van der Waals surface area contributed by atoms with Crippen molar-refractivity contribution in [3.8, 4) is 0 Å². The highest BCUT2D eigenvalue weighted by atomic mass is 32.2. The Bertz CT molecular complexity index is 435. The van der Waals surface area contributed by atoms with Crippen LogP contribution in [0.1, 0.15) is 25.7 Å². The fourth-order valence-corrected chi connectivity index (χ4v) is 4.82. The Kier molecular flexibility index (Phi) is 2.72. The van der Waals surface area contributed by atoms with E-state index >= 15 is 0 Å². The Morgan fingerprint density at radius 2 is 1.88 bits per heavy atom. The summed E-state index contributed by atoms with van der Waals surface area (Å²) in [6, 6.07) is 0. The van der Waals surface area contributed by atoms with E-state index in [0.717, 1.165) is 0 Å². The van der Waals surface area contributed by atoms with Gasteiger partial charge in [-0.25, -0.2) is 17.2 Å². The monoisotopic (exact) mass is 268 g/mol. The molecule has 1 N–H and O–H groups in total. The second-order valence-electron chi connectivity index (χ2n) is 5.12. The van der Waals surface area contributed by atoms with E-state index in [4.69, 9.17) is 5.11 Å². The van der Waals surface area contributed by atoms with Crippen molar-refractivity contribution in [1.82, 2.24) is 0 Å². The van der Waals surface area contributed by atoms with E-state index in [0.29, 0.717) is 12.8 Å². The van der Waals surface area contributed by atoms with Gasteiger partial charge in [0.1, 0.15) is 0 Å². The number of carboxylic acid groups (broad SMARTS) is 1. The minimum Gasteiger partial charge on any atom is -0.481 e. The van der Waals surface area contributed by atoms with Gasteiger partial charge in [0.25, 0.3) is 0 Å². The lowest BCUT2D eigenvalue weighted by atomic mass is 9.58. The Balaban J connectivity index is 2.22. The molecule has 1 unspecified atom stereocenters. The molecule has 0 bridgehead atoms. The summed E-state index contributed by atoms with van der Waals surface area (Å²) in [5, 5.41) is 9.11. The zero-order valence-electron chi connectivity index (χ0n) is 9.16. The molecular formula is C10H14F2O4S. The smallest absolute Gasteiger partial charge is 0.310 e. The van der Waals surface area contributed by atoms with Crippen molar-refractivity contribution in [3.63, 3.8) is 0 Å². The van der Waals surface area contributed by atoms with E-state index < -0.39 is 45.9 Å². The molecule has 0 aromatic rings.